The standard InChI is InChI=1S/C18H20N6O3S/c1-13-10-19-18(20-11-13)22-17(25)16-21-14(15-4-2-3-5-24(15)16)12-23-6-8-28(26,27)9-7-23/h2-5,10-11H,6-9,12H2,1H3,(H,19,20,22,25). The lowest BCUT2D eigenvalue weighted by Gasteiger charge is -2.25. The lowest BCUT2D eigenvalue weighted by molar-refractivity contribution is 0.101. The van der Waals surface area contributed by atoms with Crippen LogP contribution in [0.15, 0.2) is 36.8 Å². The molecule has 1 amide bonds. The van der Waals surface area contributed by atoms with Gasteiger partial charge in [0.05, 0.1) is 22.7 Å². The fraction of sp³-hybridized carbons (Fsp3) is 0.333. The van der Waals surface area contributed by atoms with Crippen molar-refractivity contribution in [3.05, 3.63) is 53.9 Å². The number of hydrogen-bond donors (Lipinski definition) is 1. The van der Waals surface area contributed by atoms with E-state index in [2.05, 4.69) is 20.3 Å². The normalized spacial score (nSPS) is 16.9. The van der Waals surface area contributed by atoms with Gasteiger partial charge in [0.2, 0.25) is 11.8 Å². The Morgan fingerprint density at radius 3 is 2.61 bits per heavy atom. The number of sulfone groups is 1. The van der Waals surface area contributed by atoms with Crippen molar-refractivity contribution in [2.75, 3.05) is 29.9 Å². The summed E-state index contributed by atoms with van der Waals surface area (Å²) < 4.78 is 25.0. The molecule has 0 unspecified atom stereocenters. The molecule has 1 fully saturated rings. The fourth-order valence-electron chi connectivity index (χ4n) is 3.11. The summed E-state index contributed by atoms with van der Waals surface area (Å²) in [5.41, 5.74) is 2.44. The van der Waals surface area contributed by atoms with Crippen molar-refractivity contribution in [1.29, 1.82) is 0 Å². The van der Waals surface area contributed by atoms with Gasteiger partial charge in [0.25, 0.3) is 5.91 Å². The second-order valence-corrected chi connectivity index (χ2v) is 9.11. The first-order valence-electron chi connectivity index (χ1n) is 8.90. The smallest absolute Gasteiger partial charge is 0.294 e. The van der Waals surface area contributed by atoms with Gasteiger partial charge in [-0.1, -0.05) is 6.07 Å². The van der Waals surface area contributed by atoms with Gasteiger partial charge in [-0.2, -0.15) is 0 Å². The van der Waals surface area contributed by atoms with Crippen LogP contribution in [0.1, 0.15) is 21.9 Å². The second kappa shape index (κ2) is 7.28. The van der Waals surface area contributed by atoms with Crippen LogP contribution >= 0.6 is 0 Å². The quantitative estimate of drug-likeness (QED) is 0.693. The Bertz CT molecular complexity index is 1110. The van der Waals surface area contributed by atoms with Crippen LogP contribution in [-0.2, 0) is 16.4 Å². The zero-order valence-corrected chi connectivity index (χ0v) is 16.2. The first-order valence-corrected chi connectivity index (χ1v) is 10.7. The van der Waals surface area contributed by atoms with Crippen molar-refractivity contribution in [1.82, 2.24) is 24.3 Å². The molecule has 10 heteroatoms. The van der Waals surface area contributed by atoms with Gasteiger partial charge >= 0.3 is 0 Å². The molecule has 0 spiro atoms. The minimum atomic E-state index is -2.94. The number of aryl methyl sites for hydroxylation is 1. The van der Waals surface area contributed by atoms with Crippen molar-refractivity contribution in [3.8, 4) is 0 Å². The molecule has 3 aromatic rings. The fourth-order valence-corrected chi connectivity index (χ4v) is 4.39. The van der Waals surface area contributed by atoms with Crippen LogP contribution in [0.3, 0.4) is 0 Å². The molecule has 0 atom stereocenters. The summed E-state index contributed by atoms with van der Waals surface area (Å²) in [4.78, 5) is 27.5. The van der Waals surface area contributed by atoms with Crippen LogP contribution < -0.4 is 5.32 Å². The van der Waals surface area contributed by atoms with E-state index in [1.165, 1.54) is 0 Å². The van der Waals surface area contributed by atoms with E-state index in [1.54, 1.807) is 23.0 Å². The number of imidazole rings is 1. The summed E-state index contributed by atoms with van der Waals surface area (Å²) in [6, 6.07) is 5.60. The monoisotopic (exact) mass is 400 g/mol. The Morgan fingerprint density at radius 1 is 1.18 bits per heavy atom. The number of carbonyl (C=O) groups is 1. The Balaban J connectivity index is 1.59. The van der Waals surface area contributed by atoms with Crippen LogP contribution in [0.2, 0.25) is 0 Å². The van der Waals surface area contributed by atoms with Crippen molar-refractivity contribution >= 4 is 27.2 Å². The van der Waals surface area contributed by atoms with Crippen molar-refractivity contribution in [2.45, 2.75) is 13.5 Å². The molecule has 28 heavy (non-hydrogen) atoms. The molecule has 0 bridgehead atoms. The second-order valence-electron chi connectivity index (χ2n) is 6.80. The van der Waals surface area contributed by atoms with Crippen LogP contribution in [0, 0.1) is 6.92 Å². The van der Waals surface area contributed by atoms with Gasteiger partial charge in [-0.25, -0.2) is 23.4 Å². The molecule has 1 saturated heterocycles. The third-order valence-corrected chi connectivity index (χ3v) is 6.25. The molecule has 9 nitrogen and oxygen atoms in total. The van der Waals surface area contributed by atoms with Crippen molar-refractivity contribution in [2.24, 2.45) is 0 Å². The van der Waals surface area contributed by atoms with Crippen molar-refractivity contribution < 1.29 is 13.2 Å². The zero-order valence-electron chi connectivity index (χ0n) is 15.4. The largest absolute Gasteiger partial charge is 0.295 e. The number of pyridine rings is 1. The lowest BCUT2D eigenvalue weighted by Crippen LogP contribution is -2.39. The molecular formula is C18H20N6O3S. The van der Waals surface area contributed by atoms with Crippen LogP contribution in [0.4, 0.5) is 5.95 Å². The van der Waals surface area contributed by atoms with Gasteiger partial charge in [-0.3, -0.25) is 19.4 Å². The molecule has 1 N–H and O–H groups in total. The maximum atomic E-state index is 12.7. The highest BCUT2D eigenvalue weighted by Crippen LogP contribution is 2.17. The number of hydrogen-bond acceptors (Lipinski definition) is 7. The molecule has 4 heterocycles. The van der Waals surface area contributed by atoms with E-state index in [1.807, 2.05) is 30.0 Å². The molecule has 0 aromatic carbocycles. The SMILES string of the molecule is Cc1cnc(NC(=O)c2nc(CN3CCS(=O)(=O)CC3)c3ccccn23)nc1. The van der Waals surface area contributed by atoms with Gasteiger partial charge in [0.1, 0.15) is 0 Å². The predicted octanol–water partition coefficient (Wildman–Crippen LogP) is 0.915. The minimum Gasteiger partial charge on any atom is -0.295 e. The third kappa shape index (κ3) is 3.87. The number of carbonyl (C=O) groups excluding carboxylic acids is 1. The van der Waals surface area contributed by atoms with Crippen LogP contribution in [0.25, 0.3) is 5.52 Å². The van der Waals surface area contributed by atoms with E-state index in [-0.39, 0.29) is 23.3 Å². The topological polar surface area (TPSA) is 110 Å². The van der Waals surface area contributed by atoms with E-state index >= 15 is 0 Å². The summed E-state index contributed by atoms with van der Waals surface area (Å²) in [5.74, 6) is 0.344. The van der Waals surface area contributed by atoms with E-state index < -0.39 is 15.7 Å². The van der Waals surface area contributed by atoms with Gasteiger partial charge in [0, 0.05) is 38.2 Å². The summed E-state index contributed by atoms with van der Waals surface area (Å²) in [6.07, 6.45) is 5.03. The molecule has 1 aliphatic heterocycles. The van der Waals surface area contributed by atoms with E-state index in [9.17, 15) is 13.2 Å². The maximum Gasteiger partial charge on any atom is 0.294 e. The van der Waals surface area contributed by atoms with Crippen LogP contribution in [-0.4, -0.2) is 63.2 Å². The summed E-state index contributed by atoms with van der Waals surface area (Å²) in [6.45, 7) is 3.28. The van der Waals surface area contributed by atoms with Crippen LogP contribution in [0.5, 0.6) is 0 Å². The molecular weight excluding hydrogens is 380 g/mol. The number of nitrogens with one attached hydrogen (secondary N) is 1. The first kappa shape index (κ1) is 18.5. The number of fused-ring (bicyclic) bond motifs is 1. The minimum absolute atomic E-state index is 0.150. The molecule has 1 aliphatic rings. The highest BCUT2D eigenvalue weighted by Gasteiger charge is 2.24. The van der Waals surface area contributed by atoms with Gasteiger partial charge < -0.3 is 0 Å². The highest BCUT2D eigenvalue weighted by molar-refractivity contribution is 7.91. The maximum absolute atomic E-state index is 12.7. The van der Waals surface area contributed by atoms with E-state index in [0.717, 1.165) is 16.8 Å². The summed E-state index contributed by atoms with van der Waals surface area (Å²) >= 11 is 0. The van der Waals surface area contributed by atoms with E-state index in [0.29, 0.717) is 19.6 Å². The van der Waals surface area contributed by atoms with Gasteiger partial charge in [0.15, 0.2) is 9.84 Å². The van der Waals surface area contributed by atoms with Crippen molar-refractivity contribution in [3.63, 3.8) is 0 Å². The first-order chi connectivity index (χ1) is 13.4. The Morgan fingerprint density at radius 2 is 1.89 bits per heavy atom. The average Bonchev–Trinajstić information content (AvgIpc) is 3.04. The van der Waals surface area contributed by atoms with Gasteiger partial charge in [-0.05, 0) is 24.6 Å². The van der Waals surface area contributed by atoms with E-state index in [4.69, 9.17) is 0 Å². The lowest BCUT2D eigenvalue weighted by atomic mass is 10.3. The summed E-state index contributed by atoms with van der Waals surface area (Å²) in [7, 11) is -2.94. The molecule has 0 aliphatic carbocycles. The average molecular weight is 400 g/mol. The Labute approximate surface area is 162 Å². The molecule has 3 aromatic heterocycles. The zero-order chi connectivity index (χ0) is 19.7. The molecule has 0 saturated carbocycles. The molecule has 4 rings (SSSR count). The Kier molecular flexibility index (Phi) is 4.82. The van der Waals surface area contributed by atoms with Gasteiger partial charge in [-0.15, -0.1) is 0 Å². The molecule has 146 valence electrons. The highest BCUT2D eigenvalue weighted by atomic mass is 32.2. The number of anilines is 1. The third-order valence-electron chi connectivity index (χ3n) is 4.64. The Hall–Kier alpha value is -2.85. The predicted molar refractivity (Wildman–Crippen MR) is 104 cm³/mol. The number of nitrogens with zero attached hydrogens (tertiary/aromatic N) is 5. The molecule has 0 radical (unpaired) electrons. The summed E-state index contributed by atoms with van der Waals surface area (Å²) in [5, 5.41) is 2.67. The number of aromatic nitrogens is 4. The number of amides is 1. The number of rotatable bonds is 4.